The highest BCUT2D eigenvalue weighted by atomic mass is 16.5. The molecule has 0 aliphatic rings. The second-order valence-electron chi connectivity index (χ2n) is 7.00. The van der Waals surface area contributed by atoms with E-state index in [-0.39, 0.29) is 29.8 Å². The first-order valence-electron chi connectivity index (χ1n) is 9.93. The minimum atomic E-state index is -1.13. The van der Waals surface area contributed by atoms with E-state index in [2.05, 4.69) is 10.2 Å². The first-order chi connectivity index (χ1) is 14.4. The number of fused-ring (bicyclic) bond motifs is 1. The minimum Gasteiger partial charge on any atom is -0.480 e. The fourth-order valence-electron chi connectivity index (χ4n) is 3.12. The molecule has 2 aromatic rings. The lowest BCUT2D eigenvalue weighted by Gasteiger charge is -2.25. The van der Waals surface area contributed by atoms with Crippen molar-refractivity contribution in [3.05, 3.63) is 38.9 Å². The smallest absolute Gasteiger partial charge is 0.329 e. The van der Waals surface area contributed by atoms with Crippen molar-refractivity contribution < 1.29 is 19.4 Å². The molecule has 164 valence electrons. The average molecular weight is 420 g/mol. The molecule has 0 amide bonds. The van der Waals surface area contributed by atoms with Crippen molar-refractivity contribution in [1.29, 1.82) is 0 Å². The van der Waals surface area contributed by atoms with Gasteiger partial charge in [0, 0.05) is 25.2 Å². The predicted molar refractivity (Wildman–Crippen MR) is 113 cm³/mol. The lowest BCUT2D eigenvalue weighted by molar-refractivity contribution is -0.143. The normalized spacial score (nSPS) is 11.0. The van der Waals surface area contributed by atoms with Crippen LogP contribution in [0.3, 0.4) is 0 Å². The zero-order valence-electron chi connectivity index (χ0n) is 16.8. The maximum absolute atomic E-state index is 12.1. The van der Waals surface area contributed by atoms with E-state index in [1.54, 1.807) is 18.2 Å². The molecule has 0 aliphatic carbocycles. The number of nitrogens with zero attached hydrogens (tertiary/aromatic N) is 1. The van der Waals surface area contributed by atoms with Crippen molar-refractivity contribution in [2.24, 2.45) is 5.73 Å². The summed E-state index contributed by atoms with van der Waals surface area (Å²) in [7, 11) is 0. The molecule has 0 spiro atoms. The van der Waals surface area contributed by atoms with Gasteiger partial charge in [-0.3, -0.25) is 24.6 Å². The van der Waals surface area contributed by atoms with Crippen LogP contribution in [0.15, 0.2) is 27.8 Å². The van der Waals surface area contributed by atoms with Crippen LogP contribution < -0.4 is 21.8 Å². The zero-order valence-corrected chi connectivity index (χ0v) is 16.8. The second-order valence-corrected chi connectivity index (χ2v) is 7.00. The van der Waals surface area contributed by atoms with Crippen LogP contribution in [0.2, 0.25) is 0 Å². The van der Waals surface area contributed by atoms with Crippen molar-refractivity contribution in [3.63, 3.8) is 0 Å². The van der Waals surface area contributed by atoms with Gasteiger partial charge in [0.25, 0.3) is 11.1 Å². The highest BCUT2D eigenvalue weighted by Gasteiger charge is 2.13. The summed E-state index contributed by atoms with van der Waals surface area (Å²) in [6.45, 7) is 0.928. The Morgan fingerprint density at radius 3 is 2.37 bits per heavy atom. The number of nitrogens with two attached hydrogens (primary N) is 1. The van der Waals surface area contributed by atoms with Crippen LogP contribution in [-0.2, 0) is 14.3 Å². The number of carboxylic acid groups (broad SMARTS) is 1. The monoisotopic (exact) mass is 420 g/mol. The summed E-state index contributed by atoms with van der Waals surface area (Å²) < 4.78 is 4.84. The lowest BCUT2D eigenvalue weighted by Crippen LogP contribution is -2.29. The number of carboxylic acids is 1. The van der Waals surface area contributed by atoms with Crippen LogP contribution in [-0.4, -0.2) is 59.9 Å². The van der Waals surface area contributed by atoms with Gasteiger partial charge in [0.1, 0.15) is 13.2 Å². The Labute approximate surface area is 173 Å². The van der Waals surface area contributed by atoms with Gasteiger partial charge in [-0.15, -0.1) is 0 Å². The zero-order chi connectivity index (χ0) is 21.9. The third-order valence-corrected chi connectivity index (χ3v) is 4.68. The molecule has 1 aromatic carbocycles. The molecule has 10 nitrogen and oxygen atoms in total. The van der Waals surface area contributed by atoms with E-state index in [1.165, 1.54) is 0 Å². The molecule has 0 bridgehead atoms. The Bertz CT molecular complexity index is 968. The Kier molecular flexibility index (Phi) is 9.23. The van der Waals surface area contributed by atoms with Gasteiger partial charge in [0.15, 0.2) is 5.78 Å². The average Bonchev–Trinajstić information content (AvgIpc) is 2.72. The number of Topliss-reactive ketones (excluding diaryl/α,β-unsaturated/α-hetero) is 1. The van der Waals surface area contributed by atoms with Gasteiger partial charge in [-0.25, -0.2) is 4.79 Å². The summed E-state index contributed by atoms with van der Waals surface area (Å²) >= 11 is 0. The number of benzene rings is 1. The number of anilines is 1. The Morgan fingerprint density at radius 1 is 0.967 bits per heavy atom. The molecule has 2 rings (SSSR count). The molecule has 1 aromatic heterocycles. The van der Waals surface area contributed by atoms with Gasteiger partial charge < -0.3 is 20.5 Å². The first-order valence-corrected chi connectivity index (χ1v) is 9.93. The maximum atomic E-state index is 12.1. The van der Waals surface area contributed by atoms with Gasteiger partial charge in [-0.1, -0.05) is 12.8 Å². The number of carbonyl (C=O) groups is 2. The van der Waals surface area contributed by atoms with E-state index in [1.807, 2.05) is 4.90 Å². The standard InChI is InChI=1S/C20H28N4O6/c21-8-3-1-2-4-9-24(10-7-15(25)12-30-13-18(26)27)14-5-6-16-17(11-14)20(29)23-22-19(16)28/h5-6,11H,1-4,7-10,12-13,21H2,(H,22,28)(H,23,29)(H,26,27). The SMILES string of the molecule is NCCCCCCN(CCC(=O)COCC(=O)O)c1ccc2c(=O)[nH][nH]c(=O)c2c1. The van der Waals surface area contributed by atoms with Crippen LogP contribution in [0, 0.1) is 0 Å². The van der Waals surface area contributed by atoms with Gasteiger partial charge in [0.05, 0.1) is 10.8 Å². The number of nitrogens with one attached hydrogen (secondary N) is 2. The highest BCUT2D eigenvalue weighted by molar-refractivity contribution is 5.84. The van der Waals surface area contributed by atoms with Crippen molar-refractivity contribution in [1.82, 2.24) is 10.2 Å². The van der Waals surface area contributed by atoms with Crippen LogP contribution in [0.1, 0.15) is 32.1 Å². The largest absolute Gasteiger partial charge is 0.480 e. The molecular formula is C20H28N4O6. The number of ketones is 1. The van der Waals surface area contributed by atoms with Crippen LogP contribution in [0.5, 0.6) is 0 Å². The van der Waals surface area contributed by atoms with Crippen molar-refractivity contribution in [2.45, 2.75) is 32.1 Å². The van der Waals surface area contributed by atoms with E-state index < -0.39 is 18.1 Å². The van der Waals surface area contributed by atoms with E-state index in [0.717, 1.165) is 31.4 Å². The molecule has 0 radical (unpaired) electrons. The Balaban J connectivity index is 2.10. The number of aliphatic carboxylic acids is 1. The molecule has 0 saturated carbocycles. The fraction of sp³-hybridized carbons (Fsp3) is 0.500. The molecular weight excluding hydrogens is 392 g/mol. The van der Waals surface area contributed by atoms with Crippen LogP contribution in [0.4, 0.5) is 5.69 Å². The van der Waals surface area contributed by atoms with Crippen molar-refractivity contribution in [3.8, 4) is 0 Å². The molecule has 0 unspecified atom stereocenters. The second kappa shape index (κ2) is 11.9. The van der Waals surface area contributed by atoms with E-state index in [4.69, 9.17) is 15.6 Å². The number of unbranched alkanes of at least 4 members (excludes halogenated alkanes) is 3. The van der Waals surface area contributed by atoms with Gasteiger partial charge in [-0.05, 0) is 37.6 Å². The number of aromatic nitrogens is 2. The van der Waals surface area contributed by atoms with Gasteiger partial charge in [-0.2, -0.15) is 0 Å². The van der Waals surface area contributed by atoms with E-state index in [0.29, 0.717) is 25.0 Å². The molecule has 0 saturated heterocycles. The Morgan fingerprint density at radius 2 is 1.67 bits per heavy atom. The summed E-state index contributed by atoms with van der Waals surface area (Å²) in [5, 5.41) is 13.8. The molecule has 0 atom stereocenters. The van der Waals surface area contributed by atoms with Crippen molar-refractivity contribution in [2.75, 3.05) is 37.7 Å². The maximum Gasteiger partial charge on any atom is 0.329 e. The van der Waals surface area contributed by atoms with E-state index >= 15 is 0 Å². The van der Waals surface area contributed by atoms with Gasteiger partial charge >= 0.3 is 5.97 Å². The third kappa shape index (κ3) is 7.12. The number of rotatable bonds is 14. The summed E-state index contributed by atoms with van der Waals surface area (Å²) in [5.74, 6) is -1.34. The molecule has 10 heteroatoms. The fourth-order valence-corrected chi connectivity index (χ4v) is 3.12. The van der Waals surface area contributed by atoms with Crippen molar-refractivity contribution >= 4 is 28.2 Å². The van der Waals surface area contributed by atoms with Gasteiger partial charge in [0.2, 0.25) is 0 Å². The highest BCUT2D eigenvalue weighted by Crippen LogP contribution is 2.19. The number of aromatic amines is 2. The van der Waals surface area contributed by atoms with Crippen LogP contribution >= 0.6 is 0 Å². The molecule has 5 N–H and O–H groups in total. The first kappa shape index (κ1) is 23.3. The quantitative estimate of drug-likeness (QED) is 0.323. The van der Waals surface area contributed by atoms with E-state index in [9.17, 15) is 19.2 Å². The summed E-state index contributed by atoms with van der Waals surface area (Å²) in [5.41, 5.74) is 5.48. The predicted octanol–water partition coefficient (Wildman–Crippen LogP) is 0.602. The number of carbonyl (C=O) groups excluding carboxylic acids is 1. The van der Waals surface area contributed by atoms with Crippen LogP contribution in [0.25, 0.3) is 10.8 Å². The Hall–Kier alpha value is -2.98. The number of ether oxygens (including phenoxy) is 1. The number of hydrogen-bond donors (Lipinski definition) is 4. The molecule has 0 fully saturated rings. The lowest BCUT2D eigenvalue weighted by atomic mass is 10.1. The number of hydrogen-bond acceptors (Lipinski definition) is 7. The molecule has 1 heterocycles. The minimum absolute atomic E-state index is 0.173. The third-order valence-electron chi connectivity index (χ3n) is 4.68. The number of H-pyrrole nitrogens is 2. The molecule has 0 aliphatic heterocycles. The summed E-state index contributed by atoms with van der Waals surface area (Å²) in [6.07, 6.45) is 4.00. The topological polar surface area (TPSA) is 159 Å². The summed E-state index contributed by atoms with van der Waals surface area (Å²) in [6, 6.07) is 4.99. The summed E-state index contributed by atoms with van der Waals surface area (Å²) in [4.78, 5) is 48.5. The molecule has 30 heavy (non-hydrogen) atoms.